The predicted octanol–water partition coefficient (Wildman–Crippen LogP) is 4.02. The van der Waals surface area contributed by atoms with Crippen LogP contribution in [0.5, 0.6) is 0 Å². The highest BCUT2D eigenvalue weighted by molar-refractivity contribution is 5.48. The fraction of sp³-hybridized carbons (Fsp3) is 0.750. The van der Waals surface area contributed by atoms with E-state index >= 15 is 0 Å². The number of hydrogen-bond acceptors (Lipinski definition) is 4. The van der Waals surface area contributed by atoms with Gasteiger partial charge in [-0.15, -0.1) is 0 Å². The van der Waals surface area contributed by atoms with Crippen LogP contribution < -0.4 is 10.6 Å². The van der Waals surface area contributed by atoms with Gasteiger partial charge in [0.25, 0.3) is 0 Å². The Hall–Kier alpha value is -1.32. The number of rotatable bonds is 4. The molecule has 1 saturated carbocycles. The van der Waals surface area contributed by atoms with Crippen molar-refractivity contribution < 1.29 is 0 Å². The van der Waals surface area contributed by atoms with Gasteiger partial charge >= 0.3 is 0 Å². The van der Waals surface area contributed by atoms with Gasteiger partial charge in [-0.2, -0.15) is 0 Å². The zero-order chi connectivity index (χ0) is 14.8. The standard InChI is InChI=1S/C16H28N4/c1-11(2)15-19-13(17-5)10-14(20-15)18-12-8-6-7-9-16(12,3)4/h10-12H,6-9H2,1-5H3,(H2,17,18,19,20). The summed E-state index contributed by atoms with van der Waals surface area (Å²) >= 11 is 0. The molecule has 4 nitrogen and oxygen atoms in total. The van der Waals surface area contributed by atoms with Gasteiger partial charge in [-0.3, -0.25) is 0 Å². The Morgan fingerprint density at radius 1 is 1.20 bits per heavy atom. The zero-order valence-corrected chi connectivity index (χ0v) is 13.5. The smallest absolute Gasteiger partial charge is 0.135 e. The highest BCUT2D eigenvalue weighted by Crippen LogP contribution is 2.37. The molecule has 1 heterocycles. The third-order valence-corrected chi connectivity index (χ3v) is 4.35. The van der Waals surface area contributed by atoms with E-state index in [0.29, 0.717) is 17.4 Å². The minimum Gasteiger partial charge on any atom is -0.373 e. The number of nitrogens with zero attached hydrogens (tertiary/aromatic N) is 2. The van der Waals surface area contributed by atoms with Gasteiger partial charge in [-0.1, -0.05) is 40.5 Å². The molecule has 0 aromatic carbocycles. The summed E-state index contributed by atoms with van der Waals surface area (Å²) < 4.78 is 0. The normalized spacial score (nSPS) is 21.8. The molecule has 0 amide bonds. The molecule has 0 saturated heterocycles. The lowest BCUT2D eigenvalue weighted by Crippen LogP contribution is -2.39. The zero-order valence-electron chi connectivity index (χ0n) is 13.5. The van der Waals surface area contributed by atoms with E-state index in [2.05, 4.69) is 48.3 Å². The molecule has 1 unspecified atom stereocenters. The molecule has 0 aliphatic heterocycles. The van der Waals surface area contributed by atoms with Crippen LogP contribution in [0.1, 0.15) is 65.1 Å². The summed E-state index contributed by atoms with van der Waals surface area (Å²) in [7, 11) is 1.90. The second-order valence-corrected chi connectivity index (χ2v) is 6.83. The van der Waals surface area contributed by atoms with Crippen LogP contribution in [-0.2, 0) is 0 Å². The highest BCUT2D eigenvalue weighted by atomic mass is 15.1. The summed E-state index contributed by atoms with van der Waals surface area (Å²) in [5, 5.41) is 6.78. The van der Waals surface area contributed by atoms with Crippen molar-refractivity contribution in [1.29, 1.82) is 0 Å². The average molecular weight is 276 g/mol. The summed E-state index contributed by atoms with van der Waals surface area (Å²) in [6.07, 6.45) is 5.16. The van der Waals surface area contributed by atoms with E-state index in [1.807, 2.05) is 13.1 Å². The first-order valence-electron chi connectivity index (χ1n) is 7.75. The fourth-order valence-corrected chi connectivity index (χ4v) is 2.87. The molecule has 1 aromatic heterocycles. The molecule has 0 spiro atoms. The molecule has 4 heteroatoms. The lowest BCUT2D eigenvalue weighted by molar-refractivity contribution is 0.216. The number of anilines is 2. The minimum absolute atomic E-state index is 0.334. The first-order valence-corrected chi connectivity index (χ1v) is 7.75. The highest BCUT2D eigenvalue weighted by Gasteiger charge is 2.32. The SMILES string of the molecule is CNc1cc(NC2CCCCC2(C)C)nc(C(C)C)n1. The van der Waals surface area contributed by atoms with E-state index < -0.39 is 0 Å². The molecular weight excluding hydrogens is 248 g/mol. The quantitative estimate of drug-likeness (QED) is 0.872. The van der Waals surface area contributed by atoms with Crippen LogP contribution in [-0.4, -0.2) is 23.1 Å². The molecule has 1 aliphatic carbocycles. The van der Waals surface area contributed by atoms with Gasteiger partial charge in [-0.25, -0.2) is 9.97 Å². The molecule has 2 rings (SSSR count). The lowest BCUT2D eigenvalue weighted by Gasteiger charge is -2.39. The summed E-state index contributed by atoms with van der Waals surface area (Å²) in [5.74, 6) is 3.07. The Bertz CT molecular complexity index is 454. The third kappa shape index (κ3) is 3.41. The van der Waals surface area contributed by atoms with Crippen molar-refractivity contribution in [1.82, 2.24) is 9.97 Å². The van der Waals surface area contributed by atoms with Crippen LogP contribution in [0.3, 0.4) is 0 Å². The monoisotopic (exact) mass is 276 g/mol. The Labute approximate surface area is 122 Å². The average Bonchev–Trinajstić information content (AvgIpc) is 2.40. The number of hydrogen-bond donors (Lipinski definition) is 2. The van der Waals surface area contributed by atoms with Gasteiger partial charge < -0.3 is 10.6 Å². The van der Waals surface area contributed by atoms with Crippen LogP contribution in [0.4, 0.5) is 11.6 Å². The van der Waals surface area contributed by atoms with Gasteiger partial charge in [-0.05, 0) is 18.3 Å². The largest absolute Gasteiger partial charge is 0.373 e. The van der Waals surface area contributed by atoms with Crippen LogP contribution in [0.15, 0.2) is 6.07 Å². The number of aromatic nitrogens is 2. The first kappa shape index (κ1) is 15.1. The summed E-state index contributed by atoms with van der Waals surface area (Å²) in [4.78, 5) is 9.20. The first-order chi connectivity index (χ1) is 9.42. The maximum absolute atomic E-state index is 4.68. The fourth-order valence-electron chi connectivity index (χ4n) is 2.87. The number of nitrogens with one attached hydrogen (secondary N) is 2. The van der Waals surface area contributed by atoms with Gasteiger partial charge in [0.2, 0.25) is 0 Å². The summed E-state index contributed by atoms with van der Waals surface area (Å²) in [6, 6.07) is 2.51. The van der Waals surface area contributed by atoms with E-state index in [1.54, 1.807) is 0 Å². The van der Waals surface area contributed by atoms with E-state index in [4.69, 9.17) is 0 Å². The second kappa shape index (κ2) is 5.98. The molecule has 1 fully saturated rings. The molecule has 112 valence electrons. The Morgan fingerprint density at radius 2 is 1.90 bits per heavy atom. The van der Waals surface area contributed by atoms with E-state index in [-0.39, 0.29) is 0 Å². The van der Waals surface area contributed by atoms with E-state index in [9.17, 15) is 0 Å². The maximum Gasteiger partial charge on any atom is 0.135 e. The minimum atomic E-state index is 0.334. The van der Waals surface area contributed by atoms with Crippen molar-refractivity contribution in [3.63, 3.8) is 0 Å². The lowest BCUT2D eigenvalue weighted by atomic mass is 9.73. The van der Waals surface area contributed by atoms with Crippen LogP contribution in [0.25, 0.3) is 0 Å². The molecule has 1 aliphatic rings. The predicted molar refractivity (Wildman–Crippen MR) is 85.3 cm³/mol. The van der Waals surface area contributed by atoms with Crippen molar-refractivity contribution >= 4 is 11.6 Å². The molecular formula is C16H28N4. The van der Waals surface area contributed by atoms with Crippen molar-refractivity contribution in [2.75, 3.05) is 17.7 Å². The molecule has 0 bridgehead atoms. The van der Waals surface area contributed by atoms with Crippen LogP contribution in [0, 0.1) is 5.41 Å². The second-order valence-electron chi connectivity index (χ2n) is 6.83. The summed E-state index contributed by atoms with van der Waals surface area (Å²) in [6.45, 7) is 8.97. The van der Waals surface area contributed by atoms with Crippen LogP contribution in [0.2, 0.25) is 0 Å². The van der Waals surface area contributed by atoms with Gasteiger partial charge in [0.15, 0.2) is 0 Å². The van der Waals surface area contributed by atoms with E-state index in [0.717, 1.165) is 17.5 Å². The van der Waals surface area contributed by atoms with Crippen molar-refractivity contribution in [2.24, 2.45) is 5.41 Å². The third-order valence-electron chi connectivity index (χ3n) is 4.35. The maximum atomic E-state index is 4.68. The van der Waals surface area contributed by atoms with E-state index in [1.165, 1.54) is 25.7 Å². The molecule has 20 heavy (non-hydrogen) atoms. The molecule has 2 N–H and O–H groups in total. The van der Waals surface area contributed by atoms with Crippen molar-refractivity contribution in [3.05, 3.63) is 11.9 Å². The summed E-state index contributed by atoms with van der Waals surface area (Å²) in [5.41, 5.74) is 0.334. The topological polar surface area (TPSA) is 49.8 Å². The molecule has 1 aromatic rings. The molecule has 1 atom stereocenters. The van der Waals surface area contributed by atoms with Gasteiger partial charge in [0.05, 0.1) is 0 Å². The van der Waals surface area contributed by atoms with Crippen molar-refractivity contribution in [3.8, 4) is 0 Å². The van der Waals surface area contributed by atoms with Crippen molar-refractivity contribution in [2.45, 2.75) is 65.3 Å². The van der Waals surface area contributed by atoms with Crippen LogP contribution >= 0.6 is 0 Å². The molecule has 0 radical (unpaired) electrons. The van der Waals surface area contributed by atoms with Gasteiger partial charge in [0, 0.05) is 25.1 Å². The Balaban J connectivity index is 2.21. The Morgan fingerprint density at radius 3 is 2.50 bits per heavy atom. The van der Waals surface area contributed by atoms with Gasteiger partial charge in [0.1, 0.15) is 17.5 Å². The Kier molecular flexibility index (Phi) is 4.51.